The molecule has 1 saturated heterocycles. The highest BCUT2D eigenvalue weighted by atomic mass is 16.5. The molecule has 1 amide bonds. The van der Waals surface area contributed by atoms with Crippen molar-refractivity contribution in [1.82, 2.24) is 9.80 Å². The average molecular weight is 257 g/mol. The van der Waals surface area contributed by atoms with Crippen LogP contribution < -0.4 is 5.73 Å². The molecule has 6 nitrogen and oxygen atoms in total. The van der Waals surface area contributed by atoms with Crippen molar-refractivity contribution < 1.29 is 14.3 Å². The van der Waals surface area contributed by atoms with Gasteiger partial charge in [-0.2, -0.15) is 0 Å². The number of hydrogen-bond donors (Lipinski definition) is 1. The second-order valence-corrected chi connectivity index (χ2v) is 4.78. The van der Waals surface area contributed by atoms with E-state index in [1.807, 2.05) is 6.92 Å². The number of esters is 1. The number of amides is 1. The zero-order valence-electron chi connectivity index (χ0n) is 11.4. The smallest absolute Gasteiger partial charge is 0.307 e. The Balaban J connectivity index is 2.39. The van der Waals surface area contributed by atoms with E-state index in [0.29, 0.717) is 19.5 Å². The summed E-state index contributed by atoms with van der Waals surface area (Å²) in [5.74, 6) is -0.202. The minimum atomic E-state index is -0.441. The summed E-state index contributed by atoms with van der Waals surface area (Å²) in [7, 11) is 1.40. The summed E-state index contributed by atoms with van der Waals surface area (Å²) in [5, 5.41) is 0. The number of carbonyl (C=O) groups excluding carboxylic acids is 2. The van der Waals surface area contributed by atoms with E-state index in [4.69, 9.17) is 5.73 Å². The standard InChI is InChI=1S/C12H23N3O3/c1-9(8-11(16)18-3)14-4-6-15(7-5-14)12(17)10(2)13/h9-10H,4-8,13H2,1-3H3. The van der Waals surface area contributed by atoms with Crippen LogP contribution in [0.4, 0.5) is 0 Å². The van der Waals surface area contributed by atoms with Gasteiger partial charge in [0.1, 0.15) is 0 Å². The lowest BCUT2D eigenvalue weighted by atomic mass is 10.1. The summed E-state index contributed by atoms with van der Waals surface area (Å²) in [6.45, 7) is 6.60. The first kappa shape index (κ1) is 14.9. The minimum absolute atomic E-state index is 0.00438. The first-order chi connectivity index (χ1) is 8.45. The predicted octanol–water partition coefficient (Wildman–Crippen LogP) is -0.571. The molecule has 1 fully saturated rings. The Bertz CT molecular complexity index is 299. The third-order valence-corrected chi connectivity index (χ3v) is 3.33. The maximum atomic E-state index is 11.7. The van der Waals surface area contributed by atoms with Gasteiger partial charge in [-0.1, -0.05) is 0 Å². The number of methoxy groups -OCH3 is 1. The Labute approximate surface area is 108 Å². The monoisotopic (exact) mass is 257 g/mol. The summed E-state index contributed by atoms with van der Waals surface area (Å²) in [5.41, 5.74) is 5.58. The molecular weight excluding hydrogens is 234 g/mol. The van der Waals surface area contributed by atoms with Crippen molar-refractivity contribution >= 4 is 11.9 Å². The van der Waals surface area contributed by atoms with Crippen LogP contribution in [0.2, 0.25) is 0 Å². The van der Waals surface area contributed by atoms with Crippen LogP contribution >= 0.6 is 0 Å². The van der Waals surface area contributed by atoms with Crippen molar-refractivity contribution in [3.63, 3.8) is 0 Å². The van der Waals surface area contributed by atoms with E-state index < -0.39 is 6.04 Å². The molecule has 0 radical (unpaired) electrons. The summed E-state index contributed by atoms with van der Waals surface area (Å²) < 4.78 is 4.66. The number of rotatable bonds is 4. The van der Waals surface area contributed by atoms with E-state index in [-0.39, 0.29) is 17.9 Å². The summed E-state index contributed by atoms with van der Waals surface area (Å²) in [4.78, 5) is 26.9. The van der Waals surface area contributed by atoms with Crippen LogP contribution in [0.15, 0.2) is 0 Å². The number of nitrogens with two attached hydrogens (primary N) is 1. The lowest BCUT2D eigenvalue weighted by molar-refractivity contribution is -0.143. The molecule has 0 bridgehead atoms. The molecule has 2 atom stereocenters. The summed E-state index contributed by atoms with van der Waals surface area (Å²) in [6.07, 6.45) is 0.387. The van der Waals surface area contributed by atoms with Crippen LogP contribution in [0.3, 0.4) is 0 Å². The Morgan fingerprint density at radius 1 is 1.22 bits per heavy atom. The van der Waals surface area contributed by atoms with Crippen LogP contribution in [-0.4, -0.2) is 67.0 Å². The van der Waals surface area contributed by atoms with E-state index >= 15 is 0 Å². The molecule has 0 saturated carbocycles. The van der Waals surface area contributed by atoms with E-state index in [9.17, 15) is 9.59 Å². The number of hydrogen-bond acceptors (Lipinski definition) is 5. The fourth-order valence-electron chi connectivity index (χ4n) is 2.12. The van der Waals surface area contributed by atoms with Crippen molar-refractivity contribution in [2.24, 2.45) is 5.73 Å². The van der Waals surface area contributed by atoms with E-state index in [0.717, 1.165) is 13.1 Å². The third-order valence-electron chi connectivity index (χ3n) is 3.33. The molecule has 1 aliphatic rings. The van der Waals surface area contributed by atoms with Crippen LogP contribution in [0.5, 0.6) is 0 Å². The van der Waals surface area contributed by atoms with Crippen molar-refractivity contribution in [1.29, 1.82) is 0 Å². The van der Waals surface area contributed by atoms with Crippen LogP contribution in [0, 0.1) is 0 Å². The first-order valence-corrected chi connectivity index (χ1v) is 6.31. The van der Waals surface area contributed by atoms with Gasteiger partial charge in [-0.3, -0.25) is 14.5 Å². The molecule has 0 aromatic carbocycles. The highest BCUT2D eigenvalue weighted by Crippen LogP contribution is 2.10. The van der Waals surface area contributed by atoms with Gasteiger partial charge < -0.3 is 15.4 Å². The zero-order valence-corrected chi connectivity index (χ0v) is 11.4. The lowest BCUT2D eigenvalue weighted by Crippen LogP contribution is -2.54. The molecule has 0 aliphatic carbocycles. The van der Waals surface area contributed by atoms with Gasteiger partial charge in [0.2, 0.25) is 5.91 Å². The third kappa shape index (κ3) is 3.96. The quantitative estimate of drug-likeness (QED) is 0.683. The largest absolute Gasteiger partial charge is 0.469 e. The molecule has 1 aliphatic heterocycles. The topological polar surface area (TPSA) is 75.9 Å². The van der Waals surface area contributed by atoms with Gasteiger partial charge in [-0.15, -0.1) is 0 Å². The van der Waals surface area contributed by atoms with Crippen LogP contribution in [-0.2, 0) is 14.3 Å². The van der Waals surface area contributed by atoms with Crippen molar-refractivity contribution in [2.45, 2.75) is 32.4 Å². The molecule has 104 valence electrons. The Morgan fingerprint density at radius 3 is 2.22 bits per heavy atom. The SMILES string of the molecule is COC(=O)CC(C)N1CCN(C(=O)C(C)N)CC1. The maximum Gasteiger partial charge on any atom is 0.307 e. The molecule has 0 spiro atoms. The summed E-state index contributed by atoms with van der Waals surface area (Å²) >= 11 is 0. The van der Waals surface area contributed by atoms with E-state index in [1.165, 1.54) is 7.11 Å². The van der Waals surface area contributed by atoms with Gasteiger partial charge in [-0.25, -0.2) is 0 Å². The fourth-order valence-corrected chi connectivity index (χ4v) is 2.12. The number of nitrogens with zero attached hydrogens (tertiary/aromatic N) is 2. The predicted molar refractivity (Wildman–Crippen MR) is 67.9 cm³/mol. The van der Waals surface area contributed by atoms with E-state index in [2.05, 4.69) is 9.64 Å². The molecular formula is C12H23N3O3. The van der Waals surface area contributed by atoms with Gasteiger partial charge >= 0.3 is 5.97 Å². The number of piperazine rings is 1. The molecule has 1 rings (SSSR count). The molecule has 18 heavy (non-hydrogen) atoms. The zero-order chi connectivity index (χ0) is 13.7. The Kier molecular flexibility index (Phi) is 5.55. The van der Waals surface area contributed by atoms with Gasteiger partial charge in [0.15, 0.2) is 0 Å². The average Bonchev–Trinajstić information content (AvgIpc) is 2.37. The highest BCUT2D eigenvalue weighted by molar-refractivity contribution is 5.81. The molecule has 6 heteroatoms. The molecule has 2 unspecified atom stereocenters. The maximum absolute atomic E-state index is 11.7. The highest BCUT2D eigenvalue weighted by Gasteiger charge is 2.26. The minimum Gasteiger partial charge on any atom is -0.469 e. The molecule has 2 N–H and O–H groups in total. The first-order valence-electron chi connectivity index (χ1n) is 6.31. The van der Waals surface area contributed by atoms with Crippen LogP contribution in [0.1, 0.15) is 20.3 Å². The van der Waals surface area contributed by atoms with E-state index in [1.54, 1.807) is 11.8 Å². The van der Waals surface area contributed by atoms with Gasteiger partial charge in [0.25, 0.3) is 0 Å². The van der Waals surface area contributed by atoms with Gasteiger partial charge in [0.05, 0.1) is 19.6 Å². The van der Waals surface area contributed by atoms with Crippen LogP contribution in [0.25, 0.3) is 0 Å². The number of ether oxygens (including phenoxy) is 1. The molecule has 1 heterocycles. The fraction of sp³-hybridized carbons (Fsp3) is 0.833. The molecule has 0 aromatic rings. The molecule has 0 aromatic heterocycles. The lowest BCUT2D eigenvalue weighted by Gasteiger charge is -2.38. The van der Waals surface area contributed by atoms with Crippen molar-refractivity contribution in [2.75, 3.05) is 33.3 Å². The van der Waals surface area contributed by atoms with Crippen molar-refractivity contribution in [3.8, 4) is 0 Å². The van der Waals surface area contributed by atoms with Gasteiger partial charge in [0, 0.05) is 32.2 Å². The Hall–Kier alpha value is -1.14. The van der Waals surface area contributed by atoms with Crippen molar-refractivity contribution in [3.05, 3.63) is 0 Å². The normalized spacial score (nSPS) is 20.3. The second-order valence-electron chi connectivity index (χ2n) is 4.78. The number of carbonyl (C=O) groups is 2. The summed E-state index contributed by atoms with van der Waals surface area (Å²) in [6, 6.07) is -0.297. The Morgan fingerprint density at radius 2 is 1.78 bits per heavy atom. The van der Waals surface area contributed by atoms with Gasteiger partial charge in [-0.05, 0) is 13.8 Å². The second kappa shape index (κ2) is 6.70.